The number of aliphatic hydroxyl groups is 1. The molecule has 2 rings (SSSR count). The molecule has 0 atom stereocenters. The van der Waals surface area contributed by atoms with E-state index < -0.39 is 11.5 Å². The van der Waals surface area contributed by atoms with Gasteiger partial charge in [0.1, 0.15) is 0 Å². The van der Waals surface area contributed by atoms with Crippen molar-refractivity contribution in [3.8, 4) is 0 Å². The van der Waals surface area contributed by atoms with Crippen LogP contribution in [0.5, 0.6) is 0 Å². The lowest BCUT2D eigenvalue weighted by atomic mass is 9.78. The molecule has 0 radical (unpaired) electrons. The van der Waals surface area contributed by atoms with E-state index in [1.807, 2.05) is 0 Å². The highest BCUT2D eigenvalue weighted by Crippen LogP contribution is 2.36. The van der Waals surface area contributed by atoms with Crippen molar-refractivity contribution in [2.75, 3.05) is 20.1 Å². The highest BCUT2D eigenvalue weighted by atomic mass is 16.4. The van der Waals surface area contributed by atoms with Crippen LogP contribution in [0.15, 0.2) is 0 Å². The quantitative estimate of drug-likeness (QED) is 0.830. The smallest absolute Gasteiger partial charge is 0.320 e. The number of carbonyl (C=O) groups excluding carboxylic acids is 1. The standard InChI is InChI=1S/C15H26N2O4/c1-16(14(21)17-9-5-12(18)6-10-17)15(11-13(19)20)7-3-2-4-8-15/h12,18H,2-11H2,1H3,(H,19,20). The minimum Gasteiger partial charge on any atom is -0.481 e. The third-order valence-corrected chi connectivity index (χ3v) is 5.00. The predicted molar refractivity (Wildman–Crippen MR) is 78.0 cm³/mol. The first-order valence-corrected chi connectivity index (χ1v) is 7.87. The first-order valence-electron chi connectivity index (χ1n) is 7.87. The number of hydrogen-bond donors (Lipinski definition) is 2. The molecule has 120 valence electrons. The molecule has 0 unspecified atom stereocenters. The van der Waals surface area contributed by atoms with Gasteiger partial charge in [0.25, 0.3) is 0 Å². The Kier molecular flexibility index (Phi) is 5.08. The van der Waals surface area contributed by atoms with Gasteiger partial charge in [0, 0.05) is 20.1 Å². The van der Waals surface area contributed by atoms with Gasteiger partial charge in [-0.25, -0.2) is 4.79 Å². The number of hydrogen-bond acceptors (Lipinski definition) is 3. The molecule has 1 saturated carbocycles. The summed E-state index contributed by atoms with van der Waals surface area (Å²) in [6, 6.07) is -0.0925. The number of likely N-dealkylation sites (tertiary alicyclic amines) is 1. The molecule has 1 aliphatic carbocycles. The second kappa shape index (κ2) is 6.64. The van der Waals surface area contributed by atoms with Gasteiger partial charge in [-0.1, -0.05) is 19.3 Å². The maximum atomic E-state index is 12.7. The monoisotopic (exact) mass is 298 g/mol. The molecule has 1 saturated heterocycles. The molecule has 1 heterocycles. The molecule has 2 N–H and O–H groups in total. The Bertz CT molecular complexity index is 385. The minimum absolute atomic E-state index is 0.0195. The lowest BCUT2D eigenvalue weighted by Gasteiger charge is -2.46. The molecule has 0 aromatic rings. The summed E-state index contributed by atoms with van der Waals surface area (Å²) in [4.78, 5) is 27.3. The van der Waals surface area contributed by atoms with Gasteiger partial charge in [0.2, 0.25) is 0 Å². The van der Waals surface area contributed by atoms with E-state index >= 15 is 0 Å². The van der Waals surface area contributed by atoms with Crippen LogP contribution in [0.25, 0.3) is 0 Å². The van der Waals surface area contributed by atoms with Crippen molar-refractivity contribution in [1.29, 1.82) is 0 Å². The van der Waals surface area contributed by atoms with E-state index in [0.29, 0.717) is 25.9 Å². The average molecular weight is 298 g/mol. The summed E-state index contributed by atoms with van der Waals surface area (Å²) in [7, 11) is 1.74. The largest absolute Gasteiger partial charge is 0.481 e. The topological polar surface area (TPSA) is 81.1 Å². The lowest BCUT2D eigenvalue weighted by molar-refractivity contribution is -0.140. The third-order valence-electron chi connectivity index (χ3n) is 5.00. The van der Waals surface area contributed by atoms with Crippen molar-refractivity contribution >= 4 is 12.0 Å². The van der Waals surface area contributed by atoms with Crippen molar-refractivity contribution in [3.05, 3.63) is 0 Å². The number of rotatable bonds is 3. The summed E-state index contributed by atoms with van der Waals surface area (Å²) < 4.78 is 0. The van der Waals surface area contributed by atoms with Gasteiger partial charge in [-0.2, -0.15) is 0 Å². The molecule has 0 spiro atoms. The zero-order chi connectivity index (χ0) is 15.5. The minimum atomic E-state index is -0.842. The van der Waals surface area contributed by atoms with Gasteiger partial charge >= 0.3 is 12.0 Å². The van der Waals surface area contributed by atoms with Crippen LogP contribution in [0.4, 0.5) is 4.79 Å². The van der Waals surface area contributed by atoms with Crippen LogP contribution in [0.2, 0.25) is 0 Å². The van der Waals surface area contributed by atoms with Gasteiger partial charge in [-0.15, -0.1) is 0 Å². The zero-order valence-corrected chi connectivity index (χ0v) is 12.8. The van der Waals surface area contributed by atoms with Crippen LogP contribution in [0, 0.1) is 0 Å². The second-order valence-corrected chi connectivity index (χ2v) is 6.42. The molecule has 0 bridgehead atoms. The molecular weight excluding hydrogens is 272 g/mol. The first-order chi connectivity index (χ1) is 9.94. The van der Waals surface area contributed by atoms with Gasteiger partial charge in [-0.3, -0.25) is 4.79 Å². The Hall–Kier alpha value is -1.30. The Balaban J connectivity index is 2.08. The fraction of sp³-hybridized carbons (Fsp3) is 0.867. The number of aliphatic carboxylic acids is 1. The number of amides is 2. The number of carboxylic acid groups (broad SMARTS) is 1. The molecule has 2 fully saturated rings. The summed E-state index contributed by atoms with van der Waals surface area (Å²) >= 11 is 0. The first kappa shape index (κ1) is 16.1. The number of carboxylic acids is 1. The Labute approximate surface area is 125 Å². The van der Waals surface area contributed by atoms with E-state index in [1.54, 1.807) is 16.8 Å². The SMILES string of the molecule is CN(C(=O)N1CCC(O)CC1)C1(CC(=O)O)CCCCC1. The van der Waals surface area contributed by atoms with E-state index in [9.17, 15) is 19.8 Å². The van der Waals surface area contributed by atoms with E-state index in [1.165, 1.54) is 0 Å². The Morgan fingerprint density at radius 1 is 1.19 bits per heavy atom. The molecular formula is C15H26N2O4. The maximum Gasteiger partial charge on any atom is 0.320 e. The molecule has 21 heavy (non-hydrogen) atoms. The highest BCUT2D eigenvalue weighted by molar-refractivity contribution is 5.77. The van der Waals surface area contributed by atoms with E-state index in [0.717, 1.165) is 32.1 Å². The predicted octanol–water partition coefficient (Wildman–Crippen LogP) is 1.67. The van der Waals surface area contributed by atoms with Crippen LogP contribution in [0.1, 0.15) is 51.4 Å². The van der Waals surface area contributed by atoms with Crippen LogP contribution in [0.3, 0.4) is 0 Å². The fourth-order valence-electron chi connectivity index (χ4n) is 3.59. The number of carbonyl (C=O) groups is 2. The molecule has 6 heteroatoms. The van der Waals surface area contributed by atoms with Crippen molar-refractivity contribution in [2.24, 2.45) is 0 Å². The lowest BCUT2D eigenvalue weighted by Crippen LogP contribution is -2.57. The summed E-state index contributed by atoms with van der Waals surface area (Å²) in [6.45, 7) is 1.10. The molecule has 6 nitrogen and oxygen atoms in total. The summed E-state index contributed by atoms with van der Waals surface area (Å²) in [5.74, 6) is -0.842. The van der Waals surface area contributed by atoms with E-state index in [-0.39, 0.29) is 18.6 Å². The number of urea groups is 1. The average Bonchev–Trinajstić information content (AvgIpc) is 2.47. The molecule has 0 aromatic heterocycles. The Morgan fingerprint density at radius 2 is 1.76 bits per heavy atom. The van der Waals surface area contributed by atoms with Crippen molar-refractivity contribution in [2.45, 2.75) is 63.0 Å². The van der Waals surface area contributed by atoms with Gasteiger partial charge in [-0.05, 0) is 25.7 Å². The van der Waals surface area contributed by atoms with Crippen molar-refractivity contribution in [1.82, 2.24) is 9.80 Å². The van der Waals surface area contributed by atoms with Crippen LogP contribution < -0.4 is 0 Å². The molecule has 0 aromatic carbocycles. The molecule has 2 aliphatic rings. The summed E-state index contributed by atoms with van der Waals surface area (Å²) in [5, 5.41) is 18.8. The highest BCUT2D eigenvalue weighted by Gasteiger charge is 2.42. The summed E-state index contributed by atoms with van der Waals surface area (Å²) in [6.07, 6.45) is 5.49. The van der Waals surface area contributed by atoms with Gasteiger partial charge < -0.3 is 20.0 Å². The molecule has 2 amide bonds. The van der Waals surface area contributed by atoms with Crippen molar-refractivity contribution < 1.29 is 19.8 Å². The summed E-state index contributed by atoms with van der Waals surface area (Å²) in [5.41, 5.74) is -0.544. The van der Waals surface area contributed by atoms with Crippen LogP contribution >= 0.6 is 0 Å². The van der Waals surface area contributed by atoms with Crippen molar-refractivity contribution in [3.63, 3.8) is 0 Å². The van der Waals surface area contributed by atoms with Gasteiger partial charge in [0.15, 0.2) is 0 Å². The Morgan fingerprint density at radius 3 is 2.29 bits per heavy atom. The van der Waals surface area contributed by atoms with E-state index in [4.69, 9.17) is 0 Å². The zero-order valence-electron chi connectivity index (χ0n) is 12.8. The number of piperidine rings is 1. The number of aliphatic hydroxyl groups excluding tert-OH is 1. The van der Waals surface area contributed by atoms with Gasteiger partial charge in [0.05, 0.1) is 18.1 Å². The van der Waals surface area contributed by atoms with E-state index in [2.05, 4.69) is 0 Å². The van der Waals surface area contributed by atoms with Crippen LogP contribution in [-0.2, 0) is 4.79 Å². The maximum absolute atomic E-state index is 12.7. The fourth-order valence-corrected chi connectivity index (χ4v) is 3.59. The number of nitrogens with zero attached hydrogens (tertiary/aromatic N) is 2. The third kappa shape index (κ3) is 3.67. The van der Waals surface area contributed by atoms with Crippen LogP contribution in [-0.4, -0.2) is 63.8 Å². The second-order valence-electron chi connectivity index (χ2n) is 6.42. The molecule has 1 aliphatic heterocycles. The normalized spacial score (nSPS) is 22.9.